The third kappa shape index (κ3) is 15.0. The van der Waals surface area contributed by atoms with Crippen LogP contribution in [0.4, 0.5) is 0 Å². The molecule has 0 bridgehead atoms. The molecule has 442 valence electrons. The summed E-state index contributed by atoms with van der Waals surface area (Å²) in [6.07, 6.45) is -48.8. The molecule has 5 rings (SSSR count). The van der Waals surface area contributed by atoms with Crippen LogP contribution in [0.1, 0.15) is 20.8 Å². The molecule has 0 radical (unpaired) electrons. The maximum atomic E-state index is 12.3. The van der Waals surface area contributed by atoms with Crippen molar-refractivity contribution in [3.05, 3.63) is 0 Å². The Balaban J connectivity index is 1.30. The standard InChI is InChI=1S/C42H73N3O31/c1-11(51)43-14(4-46)35(23(55)15(54)9-67-38-21(44-12(2)52)27(59)36(18(7-49)71-38)75-40-32(64)29(61)24(56)16(5-47)69-40)74-42-34(66)31(63)26(58)20(73-42)10-68-39-22(45-13(3)53)28(60)37(19(8-50)72-39)76-41-33(65)30(62)25(57)17(6-48)70-41/h14-42,46-50,54-66H,4-10H2,1-3H3,(H,43,51)(H,44,52)(H,45,53)/t14-,15+,16+,17+,18+,19+,20+,21+,22+,23-,24-,25-,26-,27+,28+,29-,30-,31-,32+,33+,34+,35+,36+,37+,38+,39+,40-,41-,42-/m0/s1. The highest BCUT2D eigenvalue weighted by Gasteiger charge is 2.55. The minimum atomic E-state index is -2.30. The zero-order valence-corrected chi connectivity index (χ0v) is 41.0. The first kappa shape index (κ1) is 64.1. The molecular weight excluding hydrogens is 1040 g/mol. The van der Waals surface area contributed by atoms with Gasteiger partial charge in [0.05, 0.1) is 52.3 Å². The smallest absolute Gasteiger partial charge is 0.217 e. The van der Waals surface area contributed by atoms with Gasteiger partial charge in [-0.3, -0.25) is 14.4 Å². The molecule has 5 aliphatic heterocycles. The van der Waals surface area contributed by atoms with E-state index in [-0.39, 0.29) is 0 Å². The summed E-state index contributed by atoms with van der Waals surface area (Å²) in [5.41, 5.74) is 0. The van der Waals surface area contributed by atoms with Crippen LogP contribution >= 0.6 is 0 Å². The van der Waals surface area contributed by atoms with Crippen molar-refractivity contribution < 1.29 is 154 Å². The predicted octanol–water partition coefficient (Wildman–Crippen LogP) is -14.0. The maximum absolute atomic E-state index is 12.3. The molecule has 76 heavy (non-hydrogen) atoms. The molecule has 5 fully saturated rings. The normalized spacial score (nSPS) is 43.8. The molecule has 0 spiro atoms. The Morgan fingerprint density at radius 1 is 0.461 bits per heavy atom. The third-order valence-corrected chi connectivity index (χ3v) is 13.3. The van der Waals surface area contributed by atoms with Crippen LogP contribution in [0.2, 0.25) is 0 Å². The maximum Gasteiger partial charge on any atom is 0.217 e. The second kappa shape index (κ2) is 28.6. The average molecular weight is 1120 g/mol. The van der Waals surface area contributed by atoms with E-state index < -0.39 is 242 Å². The van der Waals surface area contributed by atoms with Gasteiger partial charge >= 0.3 is 0 Å². The molecule has 0 unspecified atom stereocenters. The summed E-state index contributed by atoms with van der Waals surface area (Å²) in [6.45, 7) is -3.50. The fourth-order valence-corrected chi connectivity index (χ4v) is 9.13. The minimum absolute atomic E-state index is 0.787. The lowest BCUT2D eigenvalue weighted by Gasteiger charge is -2.47. The molecule has 0 aromatic carbocycles. The van der Waals surface area contributed by atoms with Crippen LogP contribution in [0.25, 0.3) is 0 Å². The number of aliphatic hydroxyl groups is 18. The van der Waals surface area contributed by atoms with Crippen molar-refractivity contribution in [1.82, 2.24) is 16.0 Å². The van der Waals surface area contributed by atoms with Crippen LogP contribution in [-0.2, 0) is 61.8 Å². The Labute approximate surface area is 431 Å². The number of nitrogens with one attached hydrogen (secondary N) is 3. The lowest BCUT2D eigenvalue weighted by atomic mass is 9.95. The largest absolute Gasteiger partial charge is 0.394 e. The molecule has 5 heterocycles. The van der Waals surface area contributed by atoms with E-state index in [9.17, 15) is 106 Å². The van der Waals surface area contributed by atoms with E-state index >= 15 is 0 Å². The molecule has 29 atom stereocenters. The van der Waals surface area contributed by atoms with Crippen molar-refractivity contribution in [1.29, 1.82) is 0 Å². The summed E-state index contributed by atoms with van der Waals surface area (Å²) in [5.74, 6) is -2.42. The Kier molecular flexibility index (Phi) is 24.1. The van der Waals surface area contributed by atoms with Crippen molar-refractivity contribution >= 4 is 17.7 Å². The van der Waals surface area contributed by atoms with Crippen LogP contribution in [0.15, 0.2) is 0 Å². The third-order valence-electron chi connectivity index (χ3n) is 13.3. The second-order valence-corrected chi connectivity index (χ2v) is 18.8. The zero-order chi connectivity index (χ0) is 56.6. The fraction of sp³-hybridized carbons (Fsp3) is 0.929. The first-order chi connectivity index (χ1) is 35.8. The number of aliphatic hydroxyl groups excluding tert-OH is 18. The highest BCUT2D eigenvalue weighted by molar-refractivity contribution is 5.74. The van der Waals surface area contributed by atoms with Crippen LogP contribution in [0.5, 0.6) is 0 Å². The SMILES string of the molecule is CC(=O)N[C@H]1[C@H](OC[C@@H](O)[C@H](O)[C@H](O[C@@H]2O[C@H](CO[C@@H]3O[C@H](CO)[C@@H](O[C@@H]4O[C@H](CO)[C@H](O)[C@H](O)[C@H]4O)[C@H](O)[C@H]3NC(C)=O)[C@H](O)[C@H](O)[C@H]2O)[C@H](CO)NC(C)=O)O[C@H](CO)[C@@H](O[C@@H]2O[C@H](CO)[C@H](O)[C@H](O)[C@H]2O)[C@@H]1O. The molecule has 0 aromatic heterocycles. The second-order valence-electron chi connectivity index (χ2n) is 18.8. The van der Waals surface area contributed by atoms with Gasteiger partial charge in [0.1, 0.15) is 140 Å². The van der Waals surface area contributed by atoms with Gasteiger partial charge in [-0.2, -0.15) is 0 Å². The van der Waals surface area contributed by atoms with E-state index in [2.05, 4.69) is 16.0 Å². The highest BCUT2D eigenvalue weighted by atomic mass is 16.8. The molecule has 0 aromatic rings. The monoisotopic (exact) mass is 1120 g/mol. The van der Waals surface area contributed by atoms with Gasteiger partial charge in [0.15, 0.2) is 31.5 Å². The van der Waals surface area contributed by atoms with Crippen LogP contribution < -0.4 is 16.0 Å². The molecule has 34 nitrogen and oxygen atoms in total. The van der Waals surface area contributed by atoms with Gasteiger partial charge in [-0.05, 0) is 0 Å². The number of rotatable bonds is 23. The van der Waals surface area contributed by atoms with Crippen molar-refractivity contribution in [2.24, 2.45) is 0 Å². The summed E-state index contributed by atoms with van der Waals surface area (Å²) in [4.78, 5) is 36.9. The summed E-state index contributed by atoms with van der Waals surface area (Å²) in [6, 6.07) is -4.95. The first-order valence-electron chi connectivity index (χ1n) is 24.0. The van der Waals surface area contributed by atoms with E-state index in [1.165, 1.54) is 0 Å². The molecule has 0 saturated carbocycles. The molecule has 0 aliphatic carbocycles. The Bertz CT molecular complexity index is 1820. The lowest BCUT2D eigenvalue weighted by molar-refractivity contribution is -0.355. The predicted molar refractivity (Wildman–Crippen MR) is 236 cm³/mol. The summed E-state index contributed by atoms with van der Waals surface area (Å²) >= 11 is 0. The van der Waals surface area contributed by atoms with E-state index in [0.29, 0.717) is 0 Å². The fourth-order valence-electron chi connectivity index (χ4n) is 9.13. The Morgan fingerprint density at radius 3 is 1.24 bits per heavy atom. The van der Waals surface area contributed by atoms with Gasteiger partial charge in [0.2, 0.25) is 17.7 Å². The van der Waals surface area contributed by atoms with E-state index in [0.717, 1.165) is 20.8 Å². The van der Waals surface area contributed by atoms with E-state index in [1.54, 1.807) is 0 Å². The number of amides is 3. The van der Waals surface area contributed by atoms with Gasteiger partial charge in [-0.1, -0.05) is 0 Å². The number of ether oxygens (including phenoxy) is 10. The molecule has 21 N–H and O–H groups in total. The van der Waals surface area contributed by atoms with Crippen molar-refractivity contribution in [2.75, 3.05) is 46.2 Å². The molecule has 34 heteroatoms. The van der Waals surface area contributed by atoms with Crippen LogP contribution in [0, 0.1) is 0 Å². The Morgan fingerprint density at radius 2 is 0.842 bits per heavy atom. The van der Waals surface area contributed by atoms with Crippen molar-refractivity contribution in [3.8, 4) is 0 Å². The molecule has 3 amide bonds. The van der Waals surface area contributed by atoms with Crippen molar-refractivity contribution in [3.63, 3.8) is 0 Å². The molecule has 5 saturated heterocycles. The van der Waals surface area contributed by atoms with E-state index in [1.807, 2.05) is 0 Å². The minimum Gasteiger partial charge on any atom is -0.394 e. The Hall–Kier alpha value is -2.71. The van der Waals surface area contributed by atoms with E-state index in [4.69, 9.17) is 47.4 Å². The van der Waals surface area contributed by atoms with Gasteiger partial charge in [-0.25, -0.2) is 0 Å². The summed E-state index contributed by atoms with van der Waals surface area (Å²) in [7, 11) is 0. The quantitative estimate of drug-likeness (QED) is 0.0452. The van der Waals surface area contributed by atoms with Gasteiger partial charge in [0.25, 0.3) is 0 Å². The van der Waals surface area contributed by atoms with Gasteiger partial charge in [0, 0.05) is 20.8 Å². The number of hydrogen-bond donors (Lipinski definition) is 21. The summed E-state index contributed by atoms with van der Waals surface area (Å²) < 4.78 is 56.5. The topological polar surface area (TPSA) is 544 Å². The zero-order valence-electron chi connectivity index (χ0n) is 41.0. The first-order valence-corrected chi connectivity index (χ1v) is 24.0. The van der Waals surface area contributed by atoms with Crippen molar-refractivity contribution in [2.45, 2.75) is 199 Å². The highest BCUT2D eigenvalue weighted by Crippen LogP contribution is 2.33. The van der Waals surface area contributed by atoms with Crippen LogP contribution in [0.3, 0.4) is 0 Å². The molecular formula is C42H73N3O31. The summed E-state index contributed by atoms with van der Waals surface area (Å²) in [5, 5.41) is 198. The van der Waals surface area contributed by atoms with Gasteiger partial charge < -0.3 is 155 Å². The lowest BCUT2D eigenvalue weighted by Crippen LogP contribution is -2.68. The van der Waals surface area contributed by atoms with Crippen LogP contribution in [-0.4, -0.2) is 334 Å². The van der Waals surface area contributed by atoms with Gasteiger partial charge in [-0.15, -0.1) is 0 Å². The average Bonchev–Trinajstić information content (AvgIpc) is 3.38. The molecule has 5 aliphatic rings. The number of carbonyl (C=O) groups is 3. The number of hydrogen-bond acceptors (Lipinski definition) is 31. The number of carbonyl (C=O) groups excluding carboxylic acids is 3.